The van der Waals surface area contributed by atoms with Gasteiger partial charge in [0.25, 0.3) is 0 Å². The molecule has 0 bridgehead atoms. The molecule has 2 aliphatic heterocycles. The summed E-state index contributed by atoms with van der Waals surface area (Å²) in [6.07, 6.45) is 10.2. The van der Waals surface area contributed by atoms with Crippen molar-refractivity contribution in [2.45, 2.75) is 37.0 Å². The van der Waals surface area contributed by atoms with E-state index in [1.54, 1.807) is 11.8 Å². The Morgan fingerprint density at radius 3 is 1.86 bits per heavy atom. The number of carbonyl (C=O) groups is 2. The summed E-state index contributed by atoms with van der Waals surface area (Å²) < 4.78 is 2.20. The number of anilines is 1. The van der Waals surface area contributed by atoms with Gasteiger partial charge in [0.1, 0.15) is 6.42 Å². The highest BCUT2D eigenvalue weighted by atomic mass is 32.2. The normalized spacial score (nSPS) is 16.1. The van der Waals surface area contributed by atoms with Gasteiger partial charge in [0, 0.05) is 28.5 Å². The molecule has 2 heterocycles. The van der Waals surface area contributed by atoms with Crippen molar-refractivity contribution >= 4 is 83.9 Å². The zero-order valence-electron chi connectivity index (χ0n) is 28.5. The van der Waals surface area contributed by atoms with Crippen molar-refractivity contribution < 1.29 is 24.4 Å². The Morgan fingerprint density at radius 2 is 1.22 bits per heavy atom. The Labute approximate surface area is 300 Å². The number of hydrogen-bond acceptors (Lipinski definition) is 4. The van der Waals surface area contributed by atoms with E-state index in [9.17, 15) is 19.8 Å². The van der Waals surface area contributed by atoms with Gasteiger partial charge in [-0.3, -0.25) is 9.59 Å². The van der Waals surface area contributed by atoms with Gasteiger partial charge in [-0.05, 0) is 58.3 Å². The Kier molecular flexibility index (Phi) is 8.23. The zero-order valence-corrected chi connectivity index (χ0v) is 29.3. The molecule has 252 valence electrons. The van der Waals surface area contributed by atoms with Crippen LogP contribution >= 0.6 is 11.8 Å². The van der Waals surface area contributed by atoms with E-state index in [2.05, 4.69) is 120 Å². The lowest BCUT2D eigenvalue weighted by atomic mass is 9.78. The highest BCUT2D eigenvalue weighted by Gasteiger charge is 2.46. The quantitative estimate of drug-likeness (QED) is 0.0894. The maximum atomic E-state index is 11.9. The predicted molar refractivity (Wildman–Crippen MR) is 210 cm³/mol. The number of hydrogen-bond donors (Lipinski definition) is 2. The van der Waals surface area contributed by atoms with E-state index in [4.69, 9.17) is 0 Å². The molecule has 0 amide bonds. The Balaban J connectivity index is 1.20. The van der Waals surface area contributed by atoms with E-state index in [-0.39, 0.29) is 18.3 Å². The Morgan fingerprint density at radius 1 is 0.686 bits per heavy atom. The molecular weight excluding hydrogens is 653 g/mol. The molecule has 6 aromatic carbocycles. The minimum absolute atomic E-state index is 0.0171. The van der Waals surface area contributed by atoms with Crippen LogP contribution in [0.1, 0.15) is 32.3 Å². The van der Waals surface area contributed by atoms with E-state index < -0.39 is 11.9 Å². The van der Waals surface area contributed by atoms with Crippen LogP contribution in [0.5, 0.6) is 0 Å². The average molecular weight is 690 g/mol. The van der Waals surface area contributed by atoms with Crippen LogP contribution in [0.25, 0.3) is 43.1 Å². The van der Waals surface area contributed by atoms with Gasteiger partial charge in [0.2, 0.25) is 5.69 Å². The van der Waals surface area contributed by atoms with Gasteiger partial charge < -0.3 is 15.1 Å². The van der Waals surface area contributed by atoms with E-state index in [1.807, 2.05) is 30.4 Å². The molecule has 8 rings (SSSR count). The molecule has 0 aliphatic carbocycles. The monoisotopic (exact) mass is 689 g/mol. The first-order chi connectivity index (χ1) is 24.8. The second-order valence-electron chi connectivity index (χ2n) is 13.5. The number of benzene rings is 6. The van der Waals surface area contributed by atoms with Gasteiger partial charge in [0.05, 0.1) is 27.9 Å². The van der Waals surface area contributed by atoms with E-state index in [1.165, 1.54) is 21.7 Å². The lowest BCUT2D eigenvalue weighted by Gasteiger charge is -2.21. The standard InChI is InChI=1S/C44H36N2O4S/c1-44(2)36(45(26-24-38(47)48)41-33-19-11-7-15-29(33)28-14-6-10-18-32(28)40(41)44)22-4-3-5-23-37-46(27-25-39(49)50)42-34-20-12-8-16-30(34)31-17-9-13-21-35(31)43(42)51-37/h3-23H,24-27H2,1-2H3,(H-,47,48,49,50)/p+1. The van der Waals surface area contributed by atoms with Crippen LogP contribution < -0.4 is 4.90 Å². The lowest BCUT2D eigenvalue weighted by molar-refractivity contribution is -0.435. The summed E-state index contributed by atoms with van der Waals surface area (Å²) >= 11 is 1.68. The van der Waals surface area contributed by atoms with Crippen LogP contribution in [0.15, 0.2) is 137 Å². The second kappa shape index (κ2) is 12.9. The van der Waals surface area contributed by atoms with Crippen molar-refractivity contribution in [2.75, 3.05) is 18.0 Å². The molecule has 2 N–H and O–H groups in total. The van der Waals surface area contributed by atoms with Gasteiger partial charge in [-0.25, -0.2) is 0 Å². The summed E-state index contributed by atoms with van der Waals surface area (Å²) in [7, 11) is 0. The van der Waals surface area contributed by atoms with Crippen LogP contribution in [0.2, 0.25) is 0 Å². The molecule has 0 saturated carbocycles. The minimum atomic E-state index is -0.832. The second-order valence-corrected chi connectivity index (χ2v) is 14.6. The first kappa shape index (κ1) is 32.5. The molecule has 0 aromatic heterocycles. The Hall–Kier alpha value is -5.66. The van der Waals surface area contributed by atoms with Gasteiger partial charge >= 0.3 is 11.9 Å². The van der Waals surface area contributed by atoms with Crippen LogP contribution in [0.4, 0.5) is 11.4 Å². The van der Waals surface area contributed by atoms with Crippen LogP contribution in [0.3, 0.4) is 0 Å². The molecule has 51 heavy (non-hydrogen) atoms. The minimum Gasteiger partial charge on any atom is -0.481 e. The van der Waals surface area contributed by atoms with Crippen LogP contribution in [-0.4, -0.2) is 45.5 Å². The first-order valence-corrected chi connectivity index (χ1v) is 18.0. The van der Waals surface area contributed by atoms with Gasteiger partial charge in [-0.2, -0.15) is 4.58 Å². The molecule has 0 spiro atoms. The maximum absolute atomic E-state index is 11.9. The molecule has 0 radical (unpaired) electrons. The molecular formula is C44H37N2O4S+. The molecule has 7 heteroatoms. The molecule has 6 aromatic rings. The number of rotatable bonds is 9. The highest BCUT2D eigenvalue weighted by molar-refractivity contribution is 8.04. The third kappa shape index (κ3) is 5.49. The summed E-state index contributed by atoms with van der Waals surface area (Å²) in [5.41, 5.74) is 4.00. The van der Waals surface area contributed by atoms with E-state index in [0.29, 0.717) is 13.1 Å². The topological polar surface area (TPSA) is 80.9 Å². The smallest absolute Gasteiger partial charge is 0.309 e. The summed E-state index contributed by atoms with van der Waals surface area (Å²) in [6, 6.07) is 33.6. The van der Waals surface area contributed by atoms with Crippen molar-refractivity contribution in [2.24, 2.45) is 0 Å². The third-order valence-electron chi connectivity index (χ3n) is 10.1. The summed E-state index contributed by atoms with van der Waals surface area (Å²) in [5, 5.41) is 29.6. The number of nitrogens with zero attached hydrogens (tertiary/aromatic N) is 2. The van der Waals surface area contributed by atoms with Gasteiger partial charge in [0.15, 0.2) is 12.3 Å². The van der Waals surface area contributed by atoms with Crippen LogP contribution in [0, 0.1) is 0 Å². The largest absolute Gasteiger partial charge is 0.481 e. The number of allylic oxidation sites excluding steroid dienone is 5. The van der Waals surface area contributed by atoms with Crippen molar-refractivity contribution in [3.05, 3.63) is 138 Å². The number of fused-ring (bicyclic) bond motifs is 12. The average Bonchev–Trinajstić information content (AvgIpc) is 3.61. The number of aliphatic carboxylic acids is 2. The third-order valence-corrected chi connectivity index (χ3v) is 11.3. The van der Waals surface area contributed by atoms with Crippen molar-refractivity contribution in [3.63, 3.8) is 0 Å². The van der Waals surface area contributed by atoms with Crippen molar-refractivity contribution in [1.82, 2.24) is 0 Å². The zero-order chi connectivity index (χ0) is 35.3. The fourth-order valence-electron chi connectivity index (χ4n) is 7.99. The van der Waals surface area contributed by atoms with Crippen LogP contribution in [-0.2, 0) is 15.0 Å². The van der Waals surface area contributed by atoms with Gasteiger partial charge in [-0.1, -0.05) is 121 Å². The highest BCUT2D eigenvalue weighted by Crippen LogP contribution is 2.53. The van der Waals surface area contributed by atoms with Gasteiger partial charge in [-0.15, -0.1) is 0 Å². The Bertz CT molecular complexity index is 2560. The maximum Gasteiger partial charge on any atom is 0.309 e. The number of carboxylic acid groups (broad SMARTS) is 2. The molecule has 2 aliphatic rings. The van der Waals surface area contributed by atoms with E-state index in [0.717, 1.165) is 53.9 Å². The first-order valence-electron chi connectivity index (χ1n) is 17.2. The van der Waals surface area contributed by atoms with E-state index >= 15 is 0 Å². The molecule has 0 atom stereocenters. The molecule has 0 fully saturated rings. The SMILES string of the molecule is CC1(C)C(/C=C/C=C/C=C2/Sc3c(c4ccccc4c4ccccc34)N2CCC(=O)O)=[N+](CCC(=O)O)c2c1c1ccccc1c1ccccc21. The van der Waals surface area contributed by atoms with Crippen molar-refractivity contribution in [3.8, 4) is 0 Å². The lowest BCUT2D eigenvalue weighted by Crippen LogP contribution is -2.28. The van der Waals surface area contributed by atoms with Crippen molar-refractivity contribution in [1.29, 1.82) is 0 Å². The molecule has 6 nitrogen and oxygen atoms in total. The predicted octanol–water partition coefficient (Wildman–Crippen LogP) is 10.2. The molecule has 0 saturated heterocycles. The number of thioether (sulfide) groups is 1. The summed E-state index contributed by atoms with van der Waals surface area (Å²) in [4.78, 5) is 26.9. The fraction of sp³-hybridized carbons (Fsp3) is 0.159. The number of carboxylic acids is 2. The summed E-state index contributed by atoms with van der Waals surface area (Å²) in [5.74, 6) is -1.66. The fourth-order valence-corrected chi connectivity index (χ4v) is 9.25. The summed E-state index contributed by atoms with van der Waals surface area (Å²) in [6.45, 7) is 5.16. The molecule has 0 unspecified atom stereocenters.